The van der Waals surface area contributed by atoms with Gasteiger partial charge in [0.25, 0.3) is 0 Å². The average molecular weight is 510 g/mol. The molecule has 0 saturated carbocycles. The standard InChI is InChI=1S/C19H31N3O9S2/c1-2-3-14(23)29-9-6-20-17(26)21(7-10-30-15(24)4-12-32)19(28)22(18(20)27)8-11-31-16(25)5-13-33/h17,26,32-33H,2-13H2,1H3. The summed E-state index contributed by atoms with van der Waals surface area (Å²) < 4.78 is 15.0. The zero-order valence-corrected chi connectivity index (χ0v) is 20.3. The van der Waals surface area contributed by atoms with Crippen molar-refractivity contribution in [2.24, 2.45) is 0 Å². The van der Waals surface area contributed by atoms with Crippen molar-refractivity contribution in [3.63, 3.8) is 0 Å². The van der Waals surface area contributed by atoms with E-state index in [0.717, 1.165) is 14.7 Å². The number of amides is 4. The van der Waals surface area contributed by atoms with Crippen LogP contribution < -0.4 is 0 Å². The van der Waals surface area contributed by atoms with E-state index in [4.69, 9.17) is 14.2 Å². The number of carbonyl (C=O) groups excluding carboxylic acids is 5. The number of nitrogens with zero attached hydrogens (tertiary/aromatic N) is 3. The SMILES string of the molecule is CCCC(=O)OCCN1C(=O)N(CCOC(=O)CCS)C(=O)N(CCOC(=O)CCS)C1O. The molecule has 0 radical (unpaired) electrons. The summed E-state index contributed by atoms with van der Waals surface area (Å²) in [6, 6.07) is -1.69. The third-order valence-electron chi connectivity index (χ3n) is 4.37. The molecule has 1 atom stereocenters. The maximum Gasteiger partial charge on any atom is 0.331 e. The van der Waals surface area contributed by atoms with Crippen LogP contribution in [0.1, 0.15) is 32.6 Å². The van der Waals surface area contributed by atoms with Crippen molar-refractivity contribution < 1.29 is 43.3 Å². The minimum Gasteiger partial charge on any atom is -0.464 e. The molecule has 1 aliphatic heterocycles. The fourth-order valence-electron chi connectivity index (χ4n) is 2.74. The van der Waals surface area contributed by atoms with E-state index in [0.29, 0.717) is 12.2 Å². The van der Waals surface area contributed by atoms with E-state index in [-0.39, 0.29) is 64.5 Å². The molecule has 33 heavy (non-hydrogen) atoms. The quantitative estimate of drug-likeness (QED) is 0.163. The van der Waals surface area contributed by atoms with Crippen LogP contribution in [-0.4, -0.2) is 107 Å². The second-order valence-electron chi connectivity index (χ2n) is 6.81. The Bertz CT molecular complexity index is 651. The third kappa shape index (κ3) is 9.68. The van der Waals surface area contributed by atoms with Crippen LogP contribution in [0.2, 0.25) is 0 Å². The van der Waals surface area contributed by atoms with Gasteiger partial charge >= 0.3 is 30.0 Å². The van der Waals surface area contributed by atoms with Gasteiger partial charge in [-0.2, -0.15) is 25.3 Å². The first-order valence-electron chi connectivity index (χ1n) is 10.5. The zero-order chi connectivity index (χ0) is 24.8. The number of imide groups is 1. The van der Waals surface area contributed by atoms with E-state index >= 15 is 0 Å². The number of urea groups is 2. The molecule has 0 aromatic carbocycles. The van der Waals surface area contributed by atoms with Crippen molar-refractivity contribution in [3.05, 3.63) is 0 Å². The lowest BCUT2D eigenvalue weighted by atomic mass is 10.3. The van der Waals surface area contributed by atoms with Crippen molar-refractivity contribution in [1.82, 2.24) is 14.7 Å². The highest BCUT2D eigenvalue weighted by molar-refractivity contribution is 7.80. The molecule has 0 spiro atoms. The second kappa shape index (κ2) is 15.6. The summed E-state index contributed by atoms with van der Waals surface area (Å²) in [5.41, 5.74) is 0. The molecule has 188 valence electrons. The van der Waals surface area contributed by atoms with Gasteiger partial charge in [0.1, 0.15) is 19.8 Å². The van der Waals surface area contributed by atoms with Gasteiger partial charge in [0.05, 0.1) is 32.5 Å². The molecule has 0 aromatic rings. The Morgan fingerprint density at radius 2 is 1.18 bits per heavy atom. The lowest BCUT2D eigenvalue weighted by molar-refractivity contribution is -0.148. The number of carbonyl (C=O) groups is 5. The maximum absolute atomic E-state index is 12.8. The van der Waals surface area contributed by atoms with Crippen molar-refractivity contribution in [3.8, 4) is 0 Å². The van der Waals surface area contributed by atoms with Crippen LogP contribution in [0.4, 0.5) is 9.59 Å². The van der Waals surface area contributed by atoms with Gasteiger partial charge in [-0.1, -0.05) is 6.92 Å². The Kier molecular flexibility index (Phi) is 13.6. The molecule has 0 aliphatic carbocycles. The molecule has 1 saturated heterocycles. The fourth-order valence-corrected chi connectivity index (χ4v) is 3.11. The van der Waals surface area contributed by atoms with Gasteiger partial charge in [0, 0.05) is 17.9 Å². The molecular weight excluding hydrogens is 478 g/mol. The summed E-state index contributed by atoms with van der Waals surface area (Å²) >= 11 is 7.86. The Balaban J connectivity index is 2.84. The topological polar surface area (TPSA) is 143 Å². The Hall–Kier alpha value is -2.19. The number of hydrogen-bond acceptors (Lipinski definition) is 11. The predicted octanol–water partition coefficient (Wildman–Crippen LogP) is 0.491. The number of hydrogen-bond donors (Lipinski definition) is 3. The van der Waals surface area contributed by atoms with Crippen molar-refractivity contribution in [1.29, 1.82) is 0 Å². The van der Waals surface area contributed by atoms with E-state index in [1.165, 1.54) is 0 Å². The second-order valence-corrected chi connectivity index (χ2v) is 7.70. The van der Waals surface area contributed by atoms with Crippen LogP contribution >= 0.6 is 25.3 Å². The molecular formula is C19H31N3O9S2. The average Bonchev–Trinajstić information content (AvgIpc) is 2.76. The minimum atomic E-state index is -1.67. The summed E-state index contributed by atoms with van der Waals surface area (Å²) in [5.74, 6) is -0.921. The minimum absolute atomic E-state index is 0.0722. The van der Waals surface area contributed by atoms with E-state index in [9.17, 15) is 29.1 Å². The zero-order valence-electron chi connectivity index (χ0n) is 18.5. The molecule has 0 bridgehead atoms. The van der Waals surface area contributed by atoms with Gasteiger partial charge in [-0.25, -0.2) is 14.5 Å². The van der Waals surface area contributed by atoms with Gasteiger partial charge in [0.15, 0.2) is 0 Å². The van der Waals surface area contributed by atoms with Crippen molar-refractivity contribution in [2.75, 3.05) is 51.0 Å². The van der Waals surface area contributed by atoms with Crippen molar-refractivity contribution >= 4 is 55.2 Å². The largest absolute Gasteiger partial charge is 0.464 e. The molecule has 4 amide bonds. The number of aliphatic hydroxyl groups is 1. The Morgan fingerprint density at radius 3 is 1.58 bits per heavy atom. The summed E-state index contributed by atoms with van der Waals surface area (Å²) in [6.45, 7) is 0.517. The first-order chi connectivity index (χ1) is 15.8. The molecule has 0 aromatic heterocycles. The number of aliphatic hydroxyl groups excluding tert-OH is 1. The number of esters is 3. The molecule has 1 fully saturated rings. The molecule has 1 unspecified atom stereocenters. The summed E-state index contributed by atoms with van der Waals surface area (Å²) in [5, 5.41) is 10.6. The summed E-state index contributed by atoms with van der Waals surface area (Å²) in [4.78, 5) is 62.9. The van der Waals surface area contributed by atoms with E-state index < -0.39 is 36.3 Å². The first kappa shape index (κ1) is 28.8. The van der Waals surface area contributed by atoms with Gasteiger partial charge in [0.2, 0.25) is 6.35 Å². The van der Waals surface area contributed by atoms with Crippen LogP contribution in [0.5, 0.6) is 0 Å². The molecule has 1 N–H and O–H groups in total. The van der Waals surface area contributed by atoms with E-state index in [1.54, 1.807) is 0 Å². The summed E-state index contributed by atoms with van der Waals surface area (Å²) in [7, 11) is 0. The lowest BCUT2D eigenvalue weighted by Crippen LogP contribution is -2.67. The van der Waals surface area contributed by atoms with Crippen LogP contribution in [0.25, 0.3) is 0 Å². The number of rotatable bonds is 15. The lowest BCUT2D eigenvalue weighted by Gasteiger charge is -2.44. The molecule has 1 heterocycles. The van der Waals surface area contributed by atoms with Gasteiger partial charge in [-0.15, -0.1) is 0 Å². The monoisotopic (exact) mass is 509 g/mol. The predicted molar refractivity (Wildman–Crippen MR) is 122 cm³/mol. The van der Waals surface area contributed by atoms with Crippen LogP contribution in [0.3, 0.4) is 0 Å². The van der Waals surface area contributed by atoms with Crippen LogP contribution in [0.15, 0.2) is 0 Å². The molecule has 1 aliphatic rings. The Morgan fingerprint density at radius 1 is 0.788 bits per heavy atom. The molecule has 1 rings (SSSR count). The van der Waals surface area contributed by atoms with E-state index in [1.807, 2.05) is 6.92 Å². The summed E-state index contributed by atoms with van der Waals surface area (Å²) in [6.07, 6.45) is -0.707. The first-order valence-corrected chi connectivity index (χ1v) is 11.8. The number of ether oxygens (including phenoxy) is 3. The Labute approximate surface area is 203 Å². The maximum atomic E-state index is 12.8. The van der Waals surface area contributed by atoms with Crippen molar-refractivity contribution in [2.45, 2.75) is 39.0 Å². The normalized spacial score (nSPS) is 16.1. The van der Waals surface area contributed by atoms with Crippen LogP contribution in [0, 0.1) is 0 Å². The third-order valence-corrected chi connectivity index (χ3v) is 4.81. The van der Waals surface area contributed by atoms with Gasteiger partial charge in [-0.3, -0.25) is 24.2 Å². The smallest absolute Gasteiger partial charge is 0.331 e. The van der Waals surface area contributed by atoms with Gasteiger partial charge < -0.3 is 19.3 Å². The van der Waals surface area contributed by atoms with Crippen LogP contribution in [-0.2, 0) is 28.6 Å². The van der Waals surface area contributed by atoms with Gasteiger partial charge in [-0.05, 0) is 6.42 Å². The highest BCUT2D eigenvalue weighted by atomic mass is 32.1. The van der Waals surface area contributed by atoms with E-state index in [2.05, 4.69) is 25.3 Å². The number of thiol groups is 2. The molecule has 12 nitrogen and oxygen atoms in total. The fraction of sp³-hybridized carbons (Fsp3) is 0.737. The highest BCUT2D eigenvalue weighted by Crippen LogP contribution is 2.18. The molecule has 14 heteroatoms. The highest BCUT2D eigenvalue weighted by Gasteiger charge is 2.43.